The van der Waals surface area contributed by atoms with Gasteiger partial charge in [-0.15, -0.1) is 0 Å². The molecule has 1 fully saturated rings. The molecule has 0 aliphatic carbocycles. The van der Waals surface area contributed by atoms with E-state index in [9.17, 15) is 4.79 Å². The summed E-state index contributed by atoms with van der Waals surface area (Å²) in [5, 5.41) is 0.686. The molecule has 25 heavy (non-hydrogen) atoms. The Bertz CT molecular complexity index is 755. The van der Waals surface area contributed by atoms with E-state index in [2.05, 4.69) is 11.9 Å². The van der Waals surface area contributed by atoms with Crippen LogP contribution < -0.4 is 4.74 Å². The molecule has 132 valence electrons. The van der Waals surface area contributed by atoms with E-state index in [4.69, 9.17) is 16.3 Å². The van der Waals surface area contributed by atoms with E-state index in [1.807, 2.05) is 36.1 Å². The lowest BCUT2D eigenvalue weighted by molar-refractivity contribution is 0.0690. The lowest BCUT2D eigenvalue weighted by Gasteiger charge is -2.30. The predicted molar refractivity (Wildman–Crippen MR) is 99.1 cm³/mol. The minimum atomic E-state index is 0.0106. The van der Waals surface area contributed by atoms with E-state index in [0.29, 0.717) is 23.2 Å². The Morgan fingerprint density at radius 2 is 2.04 bits per heavy atom. The van der Waals surface area contributed by atoms with Crippen LogP contribution in [0.5, 0.6) is 5.75 Å². The summed E-state index contributed by atoms with van der Waals surface area (Å²) in [7, 11) is 0. The van der Waals surface area contributed by atoms with Crippen LogP contribution in [0.2, 0.25) is 5.02 Å². The maximum absolute atomic E-state index is 12.6. The SMILES string of the molecule is Cc1cc(Cl)ccc1OCc1cccc(C(=O)N2CCC(C)CC2)n1. The Labute approximate surface area is 153 Å². The van der Waals surface area contributed by atoms with Gasteiger partial charge in [0.05, 0.1) is 5.69 Å². The van der Waals surface area contributed by atoms with E-state index < -0.39 is 0 Å². The number of amides is 1. The van der Waals surface area contributed by atoms with Crippen LogP contribution in [0.4, 0.5) is 0 Å². The minimum Gasteiger partial charge on any atom is -0.487 e. The van der Waals surface area contributed by atoms with Crippen molar-refractivity contribution in [3.63, 3.8) is 0 Å². The highest BCUT2D eigenvalue weighted by Gasteiger charge is 2.22. The fraction of sp³-hybridized carbons (Fsp3) is 0.400. The Morgan fingerprint density at radius 1 is 1.28 bits per heavy atom. The third-order valence-electron chi connectivity index (χ3n) is 4.61. The first kappa shape index (κ1) is 17.7. The molecule has 0 spiro atoms. The maximum Gasteiger partial charge on any atom is 0.272 e. The minimum absolute atomic E-state index is 0.0106. The third kappa shape index (κ3) is 4.51. The number of ether oxygens (including phenoxy) is 1. The van der Waals surface area contributed by atoms with Crippen LogP contribution in [-0.2, 0) is 6.61 Å². The quantitative estimate of drug-likeness (QED) is 0.808. The van der Waals surface area contributed by atoms with Gasteiger partial charge in [0, 0.05) is 18.1 Å². The molecule has 0 N–H and O–H groups in total. The standard InChI is InChI=1S/C20H23ClN2O2/c1-14-8-10-23(11-9-14)20(24)18-5-3-4-17(22-18)13-25-19-7-6-16(21)12-15(19)2/h3-7,12,14H,8-11,13H2,1-2H3. The molecule has 1 aliphatic heterocycles. The van der Waals surface area contributed by atoms with E-state index in [-0.39, 0.29) is 5.91 Å². The van der Waals surface area contributed by atoms with E-state index in [1.54, 1.807) is 12.1 Å². The molecule has 5 heteroatoms. The third-order valence-corrected chi connectivity index (χ3v) is 4.84. The van der Waals surface area contributed by atoms with Gasteiger partial charge in [0.15, 0.2) is 0 Å². The van der Waals surface area contributed by atoms with E-state index in [1.165, 1.54) is 0 Å². The second kappa shape index (κ2) is 7.87. The van der Waals surface area contributed by atoms with Crippen molar-refractivity contribution >= 4 is 17.5 Å². The van der Waals surface area contributed by atoms with Crippen molar-refractivity contribution in [2.24, 2.45) is 5.92 Å². The first-order valence-corrected chi connectivity index (χ1v) is 9.05. The second-order valence-corrected chi connectivity index (χ2v) is 7.12. The van der Waals surface area contributed by atoms with Gasteiger partial charge in [-0.2, -0.15) is 0 Å². The van der Waals surface area contributed by atoms with Gasteiger partial charge in [0.1, 0.15) is 18.1 Å². The summed E-state index contributed by atoms with van der Waals surface area (Å²) in [5.41, 5.74) is 2.20. The zero-order valence-electron chi connectivity index (χ0n) is 14.7. The van der Waals surface area contributed by atoms with Gasteiger partial charge in [-0.1, -0.05) is 24.6 Å². The highest BCUT2D eigenvalue weighted by molar-refractivity contribution is 6.30. The molecule has 2 aromatic rings. The van der Waals surface area contributed by atoms with Crippen LogP contribution >= 0.6 is 11.6 Å². The molecule has 0 radical (unpaired) electrons. The smallest absolute Gasteiger partial charge is 0.272 e. The van der Waals surface area contributed by atoms with Crippen molar-refractivity contribution in [1.82, 2.24) is 9.88 Å². The molecule has 1 amide bonds. The summed E-state index contributed by atoms with van der Waals surface area (Å²) in [6.07, 6.45) is 2.12. The van der Waals surface area contributed by atoms with Crippen LogP contribution in [0, 0.1) is 12.8 Å². The van der Waals surface area contributed by atoms with Crippen molar-refractivity contribution < 1.29 is 9.53 Å². The summed E-state index contributed by atoms with van der Waals surface area (Å²) >= 11 is 5.96. The first-order chi connectivity index (χ1) is 12.0. The fourth-order valence-electron chi connectivity index (χ4n) is 2.98. The molecular weight excluding hydrogens is 336 g/mol. The Morgan fingerprint density at radius 3 is 2.76 bits per heavy atom. The van der Waals surface area contributed by atoms with Crippen LogP contribution in [-0.4, -0.2) is 28.9 Å². The highest BCUT2D eigenvalue weighted by atomic mass is 35.5. The Hall–Kier alpha value is -2.07. The van der Waals surface area contributed by atoms with Gasteiger partial charge < -0.3 is 9.64 Å². The average Bonchev–Trinajstić information content (AvgIpc) is 2.61. The molecule has 1 saturated heterocycles. The zero-order valence-corrected chi connectivity index (χ0v) is 15.4. The van der Waals surface area contributed by atoms with Crippen LogP contribution in [0.1, 0.15) is 41.5 Å². The van der Waals surface area contributed by atoms with Gasteiger partial charge in [0.2, 0.25) is 0 Å². The van der Waals surface area contributed by atoms with Gasteiger partial charge in [-0.25, -0.2) is 4.98 Å². The number of carbonyl (C=O) groups is 1. The molecule has 1 aromatic heterocycles. The number of likely N-dealkylation sites (tertiary alicyclic amines) is 1. The second-order valence-electron chi connectivity index (χ2n) is 6.69. The number of pyridine rings is 1. The number of halogens is 1. The summed E-state index contributed by atoms with van der Waals surface area (Å²) in [6, 6.07) is 11.0. The molecule has 0 unspecified atom stereocenters. The monoisotopic (exact) mass is 358 g/mol. The number of piperidine rings is 1. The normalized spacial score (nSPS) is 15.2. The number of aryl methyl sites for hydroxylation is 1. The fourth-order valence-corrected chi connectivity index (χ4v) is 3.21. The highest BCUT2D eigenvalue weighted by Crippen LogP contribution is 2.23. The van der Waals surface area contributed by atoms with Crippen LogP contribution in [0.3, 0.4) is 0 Å². The summed E-state index contributed by atoms with van der Waals surface area (Å²) < 4.78 is 5.83. The van der Waals surface area contributed by atoms with Gasteiger partial charge in [-0.05, 0) is 61.6 Å². The topological polar surface area (TPSA) is 42.4 Å². The van der Waals surface area contributed by atoms with Gasteiger partial charge in [0.25, 0.3) is 5.91 Å². The number of hydrogen-bond acceptors (Lipinski definition) is 3. The van der Waals surface area contributed by atoms with Crippen molar-refractivity contribution in [2.75, 3.05) is 13.1 Å². The molecule has 3 rings (SSSR count). The summed E-state index contributed by atoms with van der Waals surface area (Å²) in [4.78, 5) is 19.0. The zero-order chi connectivity index (χ0) is 17.8. The molecular formula is C20H23ClN2O2. The van der Waals surface area contributed by atoms with Crippen LogP contribution in [0.25, 0.3) is 0 Å². The summed E-state index contributed by atoms with van der Waals surface area (Å²) in [5.74, 6) is 1.48. The maximum atomic E-state index is 12.6. The van der Waals surface area contributed by atoms with Crippen LogP contribution in [0.15, 0.2) is 36.4 Å². The number of benzene rings is 1. The molecule has 2 heterocycles. The van der Waals surface area contributed by atoms with Crippen molar-refractivity contribution in [3.05, 3.63) is 58.4 Å². The number of aromatic nitrogens is 1. The number of carbonyl (C=O) groups excluding carboxylic acids is 1. The molecule has 4 nitrogen and oxygen atoms in total. The van der Waals surface area contributed by atoms with Crippen molar-refractivity contribution in [2.45, 2.75) is 33.3 Å². The predicted octanol–water partition coefficient (Wildman–Crippen LogP) is 4.49. The lowest BCUT2D eigenvalue weighted by atomic mass is 9.99. The number of rotatable bonds is 4. The molecule has 1 aromatic carbocycles. The molecule has 0 atom stereocenters. The Kier molecular flexibility index (Phi) is 5.59. The number of nitrogens with zero attached hydrogens (tertiary/aromatic N) is 2. The molecule has 0 saturated carbocycles. The largest absolute Gasteiger partial charge is 0.487 e. The lowest BCUT2D eigenvalue weighted by Crippen LogP contribution is -2.38. The van der Waals surface area contributed by atoms with Gasteiger partial charge in [-0.3, -0.25) is 4.79 Å². The van der Waals surface area contributed by atoms with Crippen molar-refractivity contribution in [1.29, 1.82) is 0 Å². The molecule has 1 aliphatic rings. The molecule has 0 bridgehead atoms. The first-order valence-electron chi connectivity index (χ1n) is 8.67. The number of hydrogen-bond donors (Lipinski definition) is 0. The average molecular weight is 359 g/mol. The van der Waals surface area contributed by atoms with Gasteiger partial charge >= 0.3 is 0 Å². The van der Waals surface area contributed by atoms with Crippen molar-refractivity contribution in [3.8, 4) is 5.75 Å². The van der Waals surface area contributed by atoms with E-state index in [0.717, 1.165) is 42.9 Å². The summed E-state index contributed by atoms with van der Waals surface area (Å²) in [6.45, 7) is 6.13. The Balaban J connectivity index is 1.66. The van der Waals surface area contributed by atoms with E-state index >= 15 is 0 Å².